The third-order valence-corrected chi connectivity index (χ3v) is 4.92. The lowest BCUT2D eigenvalue weighted by molar-refractivity contribution is -0.125. The number of carbonyl (C=O) groups is 2. The molecule has 1 atom stereocenters. The van der Waals surface area contributed by atoms with Gasteiger partial charge in [-0.1, -0.05) is 19.9 Å². The number of rotatable bonds is 8. The van der Waals surface area contributed by atoms with E-state index in [1.165, 1.54) is 0 Å². The Bertz CT molecular complexity index is 730. The van der Waals surface area contributed by atoms with Crippen molar-refractivity contribution in [1.82, 2.24) is 9.78 Å². The third-order valence-electron chi connectivity index (χ3n) is 4.92. The Morgan fingerprint density at radius 2 is 1.85 bits per heavy atom. The van der Waals surface area contributed by atoms with E-state index in [1.54, 1.807) is 54.3 Å². The quantitative estimate of drug-likeness (QED) is 0.676. The van der Waals surface area contributed by atoms with E-state index in [0.717, 1.165) is 0 Å². The molecule has 0 spiro atoms. The van der Waals surface area contributed by atoms with Crippen molar-refractivity contribution >= 4 is 23.2 Å². The molecule has 0 saturated heterocycles. The second-order valence-electron chi connectivity index (χ2n) is 6.38. The number of amides is 2. The first-order chi connectivity index (χ1) is 12.5. The molecule has 7 nitrogen and oxygen atoms in total. The van der Waals surface area contributed by atoms with Crippen LogP contribution in [0, 0.1) is 5.41 Å². The van der Waals surface area contributed by atoms with Gasteiger partial charge < -0.3 is 16.4 Å². The summed E-state index contributed by atoms with van der Waals surface area (Å²) in [4.78, 5) is 25.0. The van der Waals surface area contributed by atoms with Gasteiger partial charge in [0.05, 0.1) is 5.41 Å². The lowest BCUT2D eigenvalue weighted by atomic mass is 9.81. The number of aromatic nitrogens is 2. The maximum atomic E-state index is 12.6. The summed E-state index contributed by atoms with van der Waals surface area (Å²) < 4.78 is 1.58. The molecule has 2 rings (SSSR count). The first-order valence-corrected chi connectivity index (χ1v) is 8.87. The Hall–Kier alpha value is -2.67. The second kappa shape index (κ2) is 8.62. The monoisotopic (exact) mass is 357 g/mol. The fraction of sp³-hybridized carbons (Fsp3) is 0.421. The molecule has 0 radical (unpaired) electrons. The third kappa shape index (κ3) is 4.29. The zero-order valence-electron chi connectivity index (χ0n) is 15.5. The van der Waals surface area contributed by atoms with Crippen molar-refractivity contribution in [2.45, 2.75) is 39.7 Å². The number of carbonyl (C=O) groups excluding carboxylic acids is 2. The minimum Gasteiger partial charge on any atom is -0.329 e. The number of nitrogens with zero attached hydrogens (tertiary/aromatic N) is 2. The van der Waals surface area contributed by atoms with E-state index >= 15 is 0 Å². The van der Waals surface area contributed by atoms with Crippen molar-refractivity contribution < 1.29 is 9.59 Å². The van der Waals surface area contributed by atoms with Gasteiger partial charge >= 0.3 is 0 Å². The van der Waals surface area contributed by atoms with E-state index in [2.05, 4.69) is 15.7 Å². The molecule has 0 bridgehead atoms. The fourth-order valence-corrected chi connectivity index (χ4v) is 2.77. The maximum absolute atomic E-state index is 12.6. The fourth-order valence-electron chi connectivity index (χ4n) is 2.77. The smallest absolute Gasteiger partial charge is 0.248 e. The van der Waals surface area contributed by atoms with Crippen LogP contribution in [0.4, 0.5) is 11.4 Å². The van der Waals surface area contributed by atoms with E-state index in [0.29, 0.717) is 30.8 Å². The van der Waals surface area contributed by atoms with Crippen molar-refractivity contribution in [3.8, 4) is 0 Å². The van der Waals surface area contributed by atoms with E-state index in [-0.39, 0.29) is 11.8 Å². The largest absolute Gasteiger partial charge is 0.329 e. The Morgan fingerprint density at radius 1 is 1.19 bits per heavy atom. The van der Waals surface area contributed by atoms with Gasteiger partial charge in [0.2, 0.25) is 11.8 Å². The number of nitrogens with one attached hydrogen (secondary N) is 2. The maximum Gasteiger partial charge on any atom is 0.248 e. The van der Waals surface area contributed by atoms with Gasteiger partial charge in [-0.05, 0) is 44.0 Å². The molecule has 1 aromatic carbocycles. The van der Waals surface area contributed by atoms with Gasteiger partial charge in [-0.3, -0.25) is 14.3 Å². The van der Waals surface area contributed by atoms with E-state index in [4.69, 9.17) is 5.73 Å². The van der Waals surface area contributed by atoms with E-state index in [1.807, 2.05) is 13.8 Å². The van der Waals surface area contributed by atoms with Crippen molar-refractivity contribution in [3.05, 3.63) is 42.7 Å². The molecule has 0 fully saturated rings. The highest BCUT2D eigenvalue weighted by atomic mass is 16.2. The molecular formula is C19H27N5O2. The zero-order valence-corrected chi connectivity index (χ0v) is 15.5. The molecule has 0 aliphatic carbocycles. The summed E-state index contributed by atoms with van der Waals surface area (Å²) in [5.41, 5.74) is 6.49. The van der Waals surface area contributed by atoms with Crippen LogP contribution in [-0.4, -0.2) is 28.1 Å². The molecule has 140 valence electrons. The number of hydrogen-bond acceptors (Lipinski definition) is 4. The van der Waals surface area contributed by atoms with Gasteiger partial charge in [0.1, 0.15) is 6.04 Å². The average Bonchev–Trinajstić information content (AvgIpc) is 3.18. The Morgan fingerprint density at radius 3 is 2.38 bits per heavy atom. The lowest BCUT2D eigenvalue weighted by Crippen LogP contribution is -2.41. The van der Waals surface area contributed by atoms with Crippen LogP contribution in [0.1, 0.15) is 39.7 Å². The van der Waals surface area contributed by atoms with Crippen LogP contribution in [0.25, 0.3) is 0 Å². The highest BCUT2D eigenvalue weighted by molar-refractivity contribution is 5.97. The summed E-state index contributed by atoms with van der Waals surface area (Å²) in [6.07, 6.45) is 4.71. The van der Waals surface area contributed by atoms with Gasteiger partial charge in [-0.2, -0.15) is 5.10 Å². The standard InChI is InChI=1S/C19H27N5O2/c1-4-19(5-2,13-20)18(26)23-16-9-6-8-15(12-16)22-17(25)14(3)24-11-7-10-21-24/h6-12,14H,4-5,13,20H2,1-3H3,(H,22,25)(H,23,26). The predicted octanol–water partition coefficient (Wildman–Crippen LogP) is 2.79. The van der Waals surface area contributed by atoms with Crippen molar-refractivity contribution in [3.63, 3.8) is 0 Å². The first-order valence-electron chi connectivity index (χ1n) is 8.87. The molecule has 26 heavy (non-hydrogen) atoms. The SMILES string of the molecule is CCC(CC)(CN)C(=O)Nc1cccc(NC(=O)C(C)n2cccn2)c1. The van der Waals surface area contributed by atoms with Crippen LogP contribution >= 0.6 is 0 Å². The molecule has 4 N–H and O–H groups in total. The van der Waals surface area contributed by atoms with Gasteiger partial charge in [0, 0.05) is 30.3 Å². The molecule has 0 saturated carbocycles. The van der Waals surface area contributed by atoms with Crippen LogP contribution in [0.2, 0.25) is 0 Å². The molecular weight excluding hydrogens is 330 g/mol. The summed E-state index contributed by atoms with van der Waals surface area (Å²) >= 11 is 0. The summed E-state index contributed by atoms with van der Waals surface area (Å²) in [6.45, 7) is 5.99. The molecule has 7 heteroatoms. The zero-order chi connectivity index (χ0) is 19.2. The summed E-state index contributed by atoms with van der Waals surface area (Å²) in [6, 6.07) is 8.42. The van der Waals surface area contributed by atoms with Gasteiger partial charge in [0.15, 0.2) is 0 Å². The van der Waals surface area contributed by atoms with E-state index in [9.17, 15) is 9.59 Å². The second-order valence-corrected chi connectivity index (χ2v) is 6.38. The highest BCUT2D eigenvalue weighted by Crippen LogP contribution is 2.27. The van der Waals surface area contributed by atoms with Crippen LogP contribution in [0.5, 0.6) is 0 Å². The van der Waals surface area contributed by atoms with E-state index < -0.39 is 11.5 Å². The lowest BCUT2D eigenvalue weighted by Gasteiger charge is -2.28. The Labute approximate surface area is 154 Å². The van der Waals surface area contributed by atoms with Gasteiger partial charge in [-0.25, -0.2) is 0 Å². The summed E-state index contributed by atoms with van der Waals surface area (Å²) in [7, 11) is 0. The predicted molar refractivity (Wildman–Crippen MR) is 103 cm³/mol. The molecule has 2 aromatic rings. The molecule has 1 heterocycles. The van der Waals surface area contributed by atoms with Crippen LogP contribution in [0.3, 0.4) is 0 Å². The number of benzene rings is 1. The minimum absolute atomic E-state index is 0.0987. The first kappa shape index (κ1) is 19.7. The molecule has 0 aliphatic rings. The van der Waals surface area contributed by atoms with Crippen LogP contribution in [0.15, 0.2) is 42.7 Å². The topological polar surface area (TPSA) is 102 Å². The molecule has 1 unspecified atom stereocenters. The van der Waals surface area contributed by atoms with Crippen molar-refractivity contribution in [2.24, 2.45) is 11.1 Å². The molecule has 2 amide bonds. The van der Waals surface area contributed by atoms with Crippen LogP contribution < -0.4 is 16.4 Å². The molecule has 1 aromatic heterocycles. The average molecular weight is 357 g/mol. The number of hydrogen-bond donors (Lipinski definition) is 3. The van der Waals surface area contributed by atoms with Crippen molar-refractivity contribution in [1.29, 1.82) is 0 Å². The Kier molecular flexibility index (Phi) is 6.52. The highest BCUT2D eigenvalue weighted by Gasteiger charge is 2.33. The summed E-state index contributed by atoms with van der Waals surface area (Å²) in [5, 5.41) is 9.84. The normalized spacial score (nSPS) is 12.5. The minimum atomic E-state index is -0.576. The van der Waals surface area contributed by atoms with Gasteiger partial charge in [0.25, 0.3) is 0 Å². The summed E-state index contributed by atoms with van der Waals surface area (Å²) in [5.74, 6) is -0.283. The van der Waals surface area contributed by atoms with Crippen LogP contribution in [-0.2, 0) is 9.59 Å². The molecule has 0 aliphatic heterocycles. The van der Waals surface area contributed by atoms with Crippen molar-refractivity contribution in [2.75, 3.05) is 17.2 Å². The van der Waals surface area contributed by atoms with Gasteiger partial charge in [-0.15, -0.1) is 0 Å². The Balaban J connectivity index is 2.08. The number of nitrogens with two attached hydrogens (primary N) is 1. The number of anilines is 2.